The molecule has 0 spiro atoms. The van der Waals surface area contributed by atoms with E-state index in [9.17, 15) is 4.79 Å². The zero-order chi connectivity index (χ0) is 16.4. The monoisotopic (exact) mass is 308 g/mol. The number of nitrogens with zero attached hydrogens (tertiary/aromatic N) is 4. The molecule has 0 saturated carbocycles. The second-order valence-electron chi connectivity index (χ2n) is 5.07. The van der Waals surface area contributed by atoms with Crippen molar-refractivity contribution >= 4 is 5.78 Å². The Bertz CT molecular complexity index is 856. The number of methoxy groups -OCH3 is 1. The van der Waals surface area contributed by atoms with Gasteiger partial charge < -0.3 is 4.74 Å². The lowest BCUT2D eigenvalue weighted by Gasteiger charge is -2.09. The molecule has 0 fully saturated rings. The van der Waals surface area contributed by atoms with Crippen molar-refractivity contribution in [1.82, 2.24) is 19.7 Å². The average Bonchev–Trinajstić information content (AvgIpc) is 2.97. The summed E-state index contributed by atoms with van der Waals surface area (Å²) in [6, 6.07) is 11.3. The molecule has 0 aliphatic carbocycles. The lowest BCUT2D eigenvalue weighted by molar-refractivity contribution is 0.101. The molecule has 0 unspecified atom stereocenters. The van der Waals surface area contributed by atoms with E-state index in [-0.39, 0.29) is 5.78 Å². The van der Waals surface area contributed by atoms with E-state index >= 15 is 0 Å². The molecule has 3 rings (SSSR count). The Morgan fingerprint density at radius 3 is 2.52 bits per heavy atom. The first kappa shape index (κ1) is 14.9. The van der Waals surface area contributed by atoms with E-state index in [1.54, 1.807) is 24.1 Å². The summed E-state index contributed by atoms with van der Waals surface area (Å²) >= 11 is 0. The molecule has 0 saturated heterocycles. The second-order valence-corrected chi connectivity index (χ2v) is 5.07. The third kappa shape index (κ3) is 2.83. The van der Waals surface area contributed by atoms with Gasteiger partial charge in [0.15, 0.2) is 17.4 Å². The number of ketones is 1. The normalized spacial score (nSPS) is 10.6. The molecule has 6 nitrogen and oxygen atoms in total. The van der Waals surface area contributed by atoms with E-state index in [4.69, 9.17) is 4.74 Å². The number of rotatable bonds is 4. The van der Waals surface area contributed by atoms with Gasteiger partial charge in [0.2, 0.25) is 5.88 Å². The highest BCUT2D eigenvalue weighted by Crippen LogP contribution is 2.22. The molecule has 0 aliphatic rings. The highest BCUT2D eigenvalue weighted by molar-refractivity contribution is 5.95. The summed E-state index contributed by atoms with van der Waals surface area (Å²) in [4.78, 5) is 20.5. The zero-order valence-corrected chi connectivity index (χ0v) is 13.1. The first-order chi connectivity index (χ1) is 11.1. The number of ether oxygens (including phenoxy) is 1. The van der Waals surface area contributed by atoms with E-state index < -0.39 is 0 Å². The molecule has 0 N–H and O–H groups in total. The Kier molecular flexibility index (Phi) is 3.89. The summed E-state index contributed by atoms with van der Waals surface area (Å²) in [6.07, 6.45) is 1.55. The van der Waals surface area contributed by atoms with Gasteiger partial charge in [-0.15, -0.1) is 0 Å². The lowest BCUT2D eigenvalue weighted by atomic mass is 10.2. The highest BCUT2D eigenvalue weighted by atomic mass is 16.5. The minimum atomic E-state index is -0.0296. The van der Waals surface area contributed by atoms with Gasteiger partial charge in [-0.1, -0.05) is 30.3 Å². The molecular weight excluding hydrogens is 292 g/mol. The Morgan fingerprint density at radius 1 is 1.17 bits per heavy atom. The summed E-state index contributed by atoms with van der Waals surface area (Å²) in [5.74, 6) is 1.51. The van der Waals surface area contributed by atoms with Gasteiger partial charge in [0.1, 0.15) is 0 Å². The van der Waals surface area contributed by atoms with Crippen LogP contribution in [0.4, 0.5) is 0 Å². The number of Topliss-reactive ketones (excluding diaryl/α,β-unsaturated/α-hetero) is 1. The van der Waals surface area contributed by atoms with Crippen LogP contribution in [-0.2, 0) is 0 Å². The van der Waals surface area contributed by atoms with Crippen LogP contribution in [0.1, 0.15) is 23.0 Å². The summed E-state index contributed by atoms with van der Waals surface area (Å²) in [5, 5.41) is 4.27. The quantitative estimate of drug-likeness (QED) is 0.693. The smallest absolute Gasteiger partial charge is 0.218 e. The molecule has 1 aromatic carbocycles. The first-order valence-corrected chi connectivity index (χ1v) is 7.14. The van der Waals surface area contributed by atoms with E-state index in [0.29, 0.717) is 23.1 Å². The van der Waals surface area contributed by atoms with Crippen LogP contribution in [-0.4, -0.2) is 32.6 Å². The van der Waals surface area contributed by atoms with Crippen LogP contribution >= 0.6 is 0 Å². The highest BCUT2D eigenvalue weighted by Gasteiger charge is 2.15. The van der Waals surface area contributed by atoms with Gasteiger partial charge in [0.25, 0.3) is 0 Å². The second kappa shape index (κ2) is 6.00. The van der Waals surface area contributed by atoms with Gasteiger partial charge >= 0.3 is 0 Å². The number of benzene rings is 1. The Balaban J connectivity index is 2.15. The van der Waals surface area contributed by atoms with Crippen LogP contribution in [0.3, 0.4) is 0 Å². The number of hydrogen-bond donors (Lipinski definition) is 0. The van der Waals surface area contributed by atoms with Gasteiger partial charge in [-0.3, -0.25) is 4.79 Å². The summed E-state index contributed by atoms with van der Waals surface area (Å²) < 4.78 is 6.89. The Hall–Kier alpha value is -3.02. The van der Waals surface area contributed by atoms with Crippen LogP contribution < -0.4 is 4.74 Å². The van der Waals surface area contributed by atoms with Gasteiger partial charge in [0.05, 0.1) is 24.6 Å². The van der Waals surface area contributed by atoms with E-state index in [2.05, 4.69) is 15.1 Å². The van der Waals surface area contributed by atoms with E-state index in [1.807, 2.05) is 37.3 Å². The van der Waals surface area contributed by atoms with Crippen LogP contribution in [0.2, 0.25) is 0 Å². The molecule has 116 valence electrons. The minimum Gasteiger partial charge on any atom is -0.481 e. The molecular formula is C17H16N4O2. The summed E-state index contributed by atoms with van der Waals surface area (Å²) in [5.41, 5.74) is 2.19. The molecule has 0 bridgehead atoms. The number of hydrogen-bond acceptors (Lipinski definition) is 5. The minimum absolute atomic E-state index is 0.0296. The maximum absolute atomic E-state index is 11.6. The van der Waals surface area contributed by atoms with Gasteiger partial charge in [-0.05, 0) is 13.8 Å². The third-order valence-electron chi connectivity index (χ3n) is 3.54. The molecule has 0 amide bonds. The molecule has 23 heavy (non-hydrogen) atoms. The van der Waals surface area contributed by atoms with Crippen molar-refractivity contribution in [2.45, 2.75) is 13.8 Å². The predicted molar refractivity (Wildman–Crippen MR) is 85.9 cm³/mol. The molecule has 6 heteroatoms. The molecule has 3 aromatic rings. The van der Waals surface area contributed by atoms with Crippen molar-refractivity contribution in [2.24, 2.45) is 0 Å². The Morgan fingerprint density at radius 2 is 1.91 bits per heavy atom. The van der Waals surface area contributed by atoms with Crippen LogP contribution in [0.25, 0.3) is 17.2 Å². The molecule has 2 heterocycles. The molecule has 0 atom stereocenters. The molecule has 0 aliphatic heterocycles. The fourth-order valence-corrected chi connectivity index (χ4v) is 2.33. The number of carbonyl (C=O) groups is 1. The maximum atomic E-state index is 11.6. The largest absolute Gasteiger partial charge is 0.481 e. The Labute approximate surface area is 133 Å². The van der Waals surface area contributed by atoms with E-state index in [1.165, 1.54) is 6.92 Å². The summed E-state index contributed by atoms with van der Waals surface area (Å²) in [7, 11) is 1.55. The topological polar surface area (TPSA) is 69.9 Å². The predicted octanol–water partition coefficient (Wildman–Crippen LogP) is 2.85. The fourth-order valence-electron chi connectivity index (χ4n) is 2.33. The standard InChI is InChI=1S/C17H16N4O2/c1-11-14(12(2)22)10-18-21(11)15-9-16(23-3)20-17(19-15)13-7-5-4-6-8-13/h4-10H,1-3H3. The summed E-state index contributed by atoms with van der Waals surface area (Å²) in [6.45, 7) is 3.35. The van der Waals surface area contributed by atoms with Gasteiger partial charge in [0, 0.05) is 11.6 Å². The first-order valence-electron chi connectivity index (χ1n) is 7.14. The van der Waals surface area contributed by atoms with Crippen molar-refractivity contribution in [3.05, 3.63) is 53.9 Å². The average molecular weight is 308 g/mol. The fraction of sp³-hybridized carbons (Fsp3) is 0.176. The van der Waals surface area contributed by atoms with Gasteiger partial charge in [-0.2, -0.15) is 10.1 Å². The third-order valence-corrected chi connectivity index (χ3v) is 3.54. The van der Waals surface area contributed by atoms with Crippen molar-refractivity contribution in [2.75, 3.05) is 7.11 Å². The number of aromatic nitrogens is 4. The molecule has 2 aromatic heterocycles. The van der Waals surface area contributed by atoms with Crippen LogP contribution in [0.5, 0.6) is 5.88 Å². The lowest BCUT2D eigenvalue weighted by Crippen LogP contribution is -2.06. The molecule has 0 radical (unpaired) electrons. The van der Waals surface area contributed by atoms with Crippen molar-refractivity contribution in [1.29, 1.82) is 0 Å². The van der Waals surface area contributed by atoms with Crippen LogP contribution in [0, 0.1) is 6.92 Å². The zero-order valence-electron chi connectivity index (χ0n) is 13.1. The van der Waals surface area contributed by atoms with Crippen LogP contribution in [0.15, 0.2) is 42.6 Å². The SMILES string of the molecule is COc1cc(-n2ncc(C(C)=O)c2C)nc(-c2ccccc2)n1. The van der Waals surface area contributed by atoms with Gasteiger partial charge in [-0.25, -0.2) is 9.67 Å². The van der Waals surface area contributed by atoms with Crippen molar-refractivity contribution in [3.63, 3.8) is 0 Å². The maximum Gasteiger partial charge on any atom is 0.218 e. The van der Waals surface area contributed by atoms with Crippen molar-refractivity contribution < 1.29 is 9.53 Å². The number of carbonyl (C=O) groups excluding carboxylic acids is 1. The van der Waals surface area contributed by atoms with E-state index in [0.717, 1.165) is 11.3 Å². The van der Waals surface area contributed by atoms with Crippen molar-refractivity contribution in [3.8, 4) is 23.1 Å².